The predicted molar refractivity (Wildman–Crippen MR) is 64.6 cm³/mol. The Kier molecular flexibility index (Phi) is 6.92. The van der Waals surface area contributed by atoms with E-state index in [4.69, 9.17) is 4.74 Å². The SMILES string of the molecule is CCCNCC1CCC(CN(C)CC(F)F)O1. The van der Waals surface area contributed by atoms with Gasteiger partial charge in [-0.3, -0.25) is 4.90 Å². The topological polar surface area (TPSA) is 24.5 Å². The molecular formula is C12H24F2N2O. The van der Waals surface area contributed by atoms with Gasteiger partial charge in [-0.05, 0) is 32.9 Å². The summed E-state index contributed by atoms with van der Waals surface area (Å²) in [5.74, 6) is 0. The maximum atomic E-state index is 12.1. The number of ether oxygens (including phenoxy) is 1. The van der Waals surface area contributed by atoms with Gasteiger partial charge in [-0.2, -0.15) is 0 Å². The van der Waals surface area contributed by atoms with Gasteiger partial charge in [0.2, 0.25) is 0 Å². The van der Waals surface area contributed by atoms with E-state index in [-0.39, 0.29) is 18.8 Å². The molecule has 1 aliphatic heterocycles. The van der Waals surface area contributed by atoms with Gasteiger partial charge in [0.25, 0.3) is 6.43 Å². The lowest BCUT2D eigenvalue weighted by Crippen LogP contribution is -2.34. The fourth-order valence-corrected chi connectivity index (χ4v) is 2.16. The highest BCUT2D eigenvalue weighted by Gasteiger charge is 2.26. The molecule has 0 spiro atoms. The molecule has 0 aromatic rings. The van der Waals surface area contributed by atoms with Crippen molar-refractivity contribution in [2.45, 2.75) is 44.8 Å². The maximum Gasteiger partial charge on any atom is 0.251 e. The quantitative estimate of drug-likeness (QED) is 0.664. The Morgan fingerprint density at radius 3 is 2.71 bits per heavy atom. The fraction of sp³-hybridized carbons (Fsp3) is 1.00. The van der Waals surface area contributed by atoms with Crippen molar-refractivity contribution in [3.05, 3.63) is 0 Å². The Balaban J connectivity index is 2.12. The van der Waals surface area contributed by atoms with Gasteiger partial charge < -0.3 is 10.1 Å². The lowest BCUT2D eigenvalue weighted by molar-refractivity contribution is 0.0159. The minimum Gasteiger partial charge on any atom is -0.372 e. The predicted octanol–water partition coefficient (Wildman–Crippen LogP) is 1.73. The first kappa shape index (κ1) is 14.8. The molecule has 2 atom stereocenters. The van der Waals surface area contributed by atoms with Crippen LogP contribution in [0, 0.1) is 0 Å². The molecule has 2 unspecified atom stereocenters. The number of nitrogens with one attached hydrogen (secondary N) is 1. The van der Waals surface area contributed by atoms with E-state index in [1.165, 1.54) is 0 Å². The summed E-state index contributed by atoms with van der Waals surface area (Å²) in [5.41, 5.74) is 0. The standard InChI is InChI=1S/C12H24F2N2O/c1-3-6-15-7-10-4-5-11(17-10)8-16(2)9-12(13)14/h10-12,15H,3-9H2,1-2H3. The van der Waals surface area contributed by atoms with Crippen LogP contribution in [0.4, 0.5) is 8.78 Å². The fourth-order valence-electron chi connectivity index (χ4n) is 2.16. The molecular weight excluding hydrogens is 226 g/mol. The smallest absolute Gasteiger partial charge is 0.251 e. The van der Waals surface area contributed by atoms with Crippen molar-refractivity contribution in [3.8, 4) is 0 Å². The van der Waals surface area contributed by atoms with E-state index in [9.17, 15) is 8.78 Å². The molecule has 5 heteroatoms. The second-order valence-electron chi connectivity index (χ2n) is 4.77. The molecule has 17 heavy (non-hydrogen) atoms. The zero-order chi connectivity index (χ0) is 12.7. The number of alkyl halides is 2. The molecule has 1 rings (SSSR count). The maximum absolute atomic E-state index is 12.1. The number of hydrogen-bond donors (Lipinski definition) is 1. The Labute approximate surface area is 103 Å². The third kappa shape index (κ3) is 6.29. The summed E-state index contributed by atoms with van der Waals surface area (Å²) in [7, 11) is 1.72. The summed E-state index contributed by atoms with van der Waals surface area (Å²) in [6.07, 6.45) is 1.24. The van der Waals surface area contributed by atoms with Crippen LogP contribution in [-0.4, -0.2) is 56.8 Å². The third-order valence-corrected chi connectivity index (χ3v) is 2.96. The largest absolute Gasteiger partial charge is 0.372 e. The van der Waals surface area contributed by atoms with E-state index in [0.29, 0.717) is 6.54 Å². The highest BCUT2D eigenvalue weighted by molar-refractivity contribution is 4.77. The van der Waals surface area contributed by atoms with Gasteiger partial charge in [-0.25, -0.2) is 8.78 Å². The van der Waals surface area contributed by atoms with Crippen molar-refractivity contribution in [3.63, 3.8) is 0 Å². The van der Waals surface area contributed by atoms with Crippen molar-refractivity contribution in [2.24, 2.45) is 0 Å². The van der Waals surface area contributed by atoms with Gasteiger partial charge in [-0.1, -0.05) is 6.92 Å². The average Bonchev–Trinajstić information content (AvgIpc) is 2.64. The van der Waals surface area contributed by atoms with Crippen molar-refractivity contribution in [1.29, 1.82) is 0 Å². The summed E-state index contributed by atoms with van der Waals surface area (Å²) in [6.45, 7) is 4.45. The van der Waals surface area contributed by atoms with Crippen molar-refractivity contribution in [1.82, 2.24) is 10.2 Å². The zero-order valence-electron chi connectivity index (χ0n) is 10.8. The van der Waals surface area contributed by atoms with Crippen LogP contribution in [0.1, 0.15) is 26.2 Å². The second-order valence-corrected chi connectivity index (χ2v) is 4.77. The normalized spacial score (nSPS) is 25.1. The van der Waals surface area contributed by atoms with Crippen LogP contribution < -0.4 is 5.32 Å². The van der Waals surface area contributed by atoms with Gasteiger partial charge in [0, 0.05) is 13.1 Å². The van der Waals surface area contributed by atoms with Crippen LogP contribution in [0.15, 0.2) is 0 Å². The van der Waals surface area contributed by atoms with Gasteiger partial charge in [-0.15, -0.1) is 0 Å². The molecule has 1 heterocycles. The monoisotopic (exact) mass is 250 g/mol. The zero-order valence-corrected chi connectivity index (χ0v) is 10.8. The molecule has 0 radical (unpaired) electrons. The van der Waals surface area contributed by atoms with E-state index in [0.717, 1.165) is 32.4 Å². The van der Waals surface area contributed by atoms with Gasteiger partial charge in [0.05, 0.1) is 18.8 Å². The van der Waals surface area contributed by atoms with Crippen LogP contribution >= 0.6 is 0 Å². The Morgan fingerprint density at radius 2 is 2.06 bits per heavy atom. The van der Waals surface area contributed by atoms with E-state index in [1.807, 2.05) is 0 Å². The average molecular weight is 250 g/mol. The lowest BCUT2D eigenvalue weighted by atomic mass is 10.2. The first-order valence-electron chi connectivity index (χ1n) is 6.44. The molecule has 0 aromatic heterocycles. The molecule has 3 nitrogen and oxygen atoms in total. The molecule has 1 N–H and O–H groups in total. The molecule has 0 aliphatic carbocycles. The number of rotatable bonds is 8. The third-order valence-electron chi connectivity index (χ3n) is 2.96. The van der Waals surface area contributed by atoms with Gasteiger partial charge in [0.15, 0.2) is 0 Å². The number of hydrogen-bond acceptors (Lipinski definition) is 3. The lowest BCUT2D eigenvalue weighted by Gasteiger charge is -2.21. The van der Waals surface area contributed by atoms with Crippen LogP contribution in [0.5, 0.6) is 0 Å². The van der Waals surface area contributed by atoms with Crippen molar-refractivity contribution < 1.29 is 13.5 Å². The van der Waals surface area contributed by atoms with Crippen LogP contribution in [0.25, 0.3) is 0 Å². The van der Waals surface area contributed by atoms with Crippen LogP contribution in [0.2, 0.25) is 0 Å². The highest BCUT2D eigenvalue weighted by atomic mass is 19.3. The first-order chi connectivity index (χ1) is 8.11. The van der Waals surface area contributed by atoms with Crippen LogP contribution in [0.3, 0.4) is 0 Å². The van der Waals surface area contributed by atoms with Gasteiger partial charge >= 0.3 is 0 Å². The molecule has 102 valence electrons. The highest BCUT2D eigenvalue weighted by Crippen LogP contribution is 2.20. The van der Waals surface area contributed by atoms with E-state index >= 15 is 0 Å². The molecule has 0 amide bonds. The number of nitrogens with zero attached hydrogens (tertiary/aromatic N) is 1. The summed E-state index contributed by atoms with van der Waals surface area (Å²) < 4.78 is 30.1. The number of likely N-dealkylation sites (N-methyl/N-ethyl adjacent to an activating group) is 1. The summed E-state index contributed by atoms with van der Waals surface area (Å²) in [6, 6.07) is 0. The second kappa shape index (κ2) is 7.95. The molecule has 1 fully saturated rings. The van der Waals surface area contributed by atoms with Crippen LogP contribution in [-0.2, 0) is 4.74 Å². The first-order valence-corrected chi connectivity index (χ1v) is 6.44. The molecule has 1 aliphatic rings. The minimum absolute atomic E-state index is 0.118. The molecule has 0 saturated carbocycles. The van der Waals surface area contributed by atoms with Crippen molar-refractivity contribution >= 4 is 0 Å². The summed E-state index contributed by atoms with van der Waals surface area (Å²) in [5, 5.41) is 3.32. The van der Waals surface area contributed by atoms with E-state index in [1.54, 1.807) is 11.9 Å². The minimum atomic E-state index is -2.26. The summed E-state index contributed by atoms with van der Waals surface area (Å²) in [4.78, 5) is 1.65. The van der Waals surface area contributed by atoms with Crippen molar-refractivity contribution in [2.75, 3.05) is 33.2 Å². The molecule has 0 bridgehead atoms. The number of halogens is 2. The molecule has 1 saturated heterocycles. The van der Waals surface area contributed by atoms with Gasteiger partial charge in [0.1, 0.15) is 0 Å². The van der Waals surface area contributed by atoms with E-state index < -0.39 is 6.43 Å². The Bertz CT molecular complexity index is 205. The Hall–Kier alpha value is -0.260. The Morgan fingerprint density at radius 1 is 1.35 bits per heavy atom. The molecule has 0 aromatic carbocycles. The summed E-state index contributed by atoms with van der Waals surface area (Å²) >= 11 is 0. The van der Waals surface area contributed by atoms with E-state index in [2.05, 4.69) is 12.2 Å².